The van der Waals surface area contributed by atoms with Crippen LogP contribution in [0.2, 0.25) is 0 Å². The molecule has 1 aliphatic carbocycles. The van der Waals surface area contributed by atoms with Gasteiger partial charge >= 0.3 is 0 Å². The van der Waals surface area contributed by atoms with E-state index in [0.717, 1.165) is 52.3 Å². The molecule has 2 N–H and O–H groups in total. The zero-order chi connectivity index (χ0) is 28.5. The third-order valence-electron chi connectivity index (χ3n) is 8.18. The van der Waals surface area contributed by atoms with E-state index in [-0.39, 0.29) is 17.9 Å². The minimum atomic E-state index is 0.0719. The van der Waals surface area contributed by atoms with E-state index in [4.69, 9.17) is 15.5 Å². The lowest BCUT2D eigenvalue weighted by atomic mass is 9.97. The summed E-state index contributed by atoms with van der Waals surface area (Å²) in [6.07, 6.45) is 8.65. The van der Waals surface area contributed by atoms with Crippen LogP contribution in [0.1, 0.15) is 50.8 Å². The number of hydrogen-bond donors (Lipinski definition) is 1. The number of ether oxygens (including phenoxy) is 1. The van der Waals surface area contributed by atoms with Gasteiger partial charge in [0.05, 0.1) is 11.4 Å². The molecule has 0 unspecified atom stereocenters. The van der Waals surface area contributed by atoms with Gasteiger partial charge in [0, 0.05) is 43.0 Å². The predicted molar refractivity (Wildman–Crippen MR) is 163 cm³/mol. The Hall–Kier alpha value is -4.17. The van der Waals surface area contributed by atoms with E-state index in [1.165, 1.54) is 19.2 Å². The highest BCUT2D eigenvalue weighted by Crippen LogP contribution is 2.43. The number of aromatic nitrogens is 3. The average Bonchev–Trinajstić information content (AvgIpc) is 3.60. The first-order valence-electron chi connectivity index (χ1n) is 14.5. The summed E-state index contributed by atoms with van der Waals surface area (Å²) in [7, 11) is 2.12. The number of fused-ring (bicyclic) bond motifs is 1. The molecular weight excluding hydrogens is 512 g/mol. The van der Waals surface area contributed by atoms with Crippen molar-refractivity contribution in [1.82, 2.24) is 24.3 Å². The molecule has 1 atom stereocenters. The predicted octanol–water partition coefficient (Wildman–Crippen LogP) is 6.02. The Balaban J connectivity index is 1.30. The highest BCUT2D eigenvalue weighted by molar-refractivity contribution is 6.02. The second-order valence-electron chi connectivity index (χ2n) is 11.5. The lowest BCUT2D eigenvalue weighted by Gasteiger charge is -2.21. The average molecular weight is 551 g/mol. The monoisotopic (exact) mass is 550 g/mol. The van der Waals surface area contributed by atoms with Crippen LogP contribution in [-0.4, -0.2) is 63.0 Å². The van der Waals surface area contributed by atoms with Crippen LogP contribution in [-0.2, 0) is 4.79 Å². The second-order valence-corrected chi connectivity index (χ2v) is 11.5. The zero-order valence-electron chi connectivity index (χ0n) is 24.0. The molecule has 8 nitrogen and oxygen atoms in total. The molecule has 2 fully saturated rings. The minimum Gasteiger partial charge on any atom is -0.457 e. The number of rotatable bonds is 9. The van der Waals surface area contributed by atoms with Gasteiger partial charge in [-0.05, 0) is 62.1 Å². The Labute approximate surface area is 241 Å². The summed E-state index contributed by atoms with van der Waals surface area (Å²) in [5, 5.41) is 0.862. The van der Waals surface area contributed by atoms with Gasteiger partial charge in [0.1, 0.15) is 29.3 Å². The molecule has 1 saturated carbocycles. The number of benzene rings is 2. The molecule has 1 saturated heterocycles. The maximum atomic E-state index is 13.1. The van der Waals surface area contributed by atoms with Crippen LogP contribution >= 0.6 is 0 Å². The molecule has 3 heterocycles. The summed E-state index contributed by atoms with van der Waals surface area (Å²) in [5.74, 6) is 2.29. The molecule has 0 radical (unpaired) electrons. The molecule has 0 bridgehead atoms. The van der Waals surface area contributed by atoms with E-state index >= 15 is 0 Å². The fraction of sp³-hybridized carbons (Fsp3) is 0.364. The maximum absolute atomic E-state index is 13.1. The third-order valence-corrected chi connectivity index (χ3v) is 8.18. The van der Waals surface area contributed by atoms with Crippen molar-refractivity contribution in [2.75, 3.05) is 32.4 Å². The van der Waals surface area contributed by atoms with Gasteiger partial charge in [-0.1, -0.05) is 50.3 Å². The van der Waals surface area contributed by atoms with E-state index in [2.05, 4.69) is 47.5 Å². The highest BCUT2D eigenvalue weighted by Gasteiger charge is 2.33. The van der Waals surface area contributed by atoms with Crippen LogP contribution in [0.3, 0.4) is 0 Å². The summed E-state index contributed by atoms with van der Waals surface area (Å²) in [6, 6.07) is 18.7. The van der Waals surface area contributed by atoms with Gasteiger partial charge in [0.15, 0.2) is 0 Å². The van der Waals surface area contributed by atoms with E-state index in [1.54, 1.807) is 6.08 Å². The first-order valence-corrected chi connectivity index (χ1v) is 14.5. The molecule has 2 aliphatic rings. The van der Waals surface area contributed by atoms with Crippen molar-refractivity contribution in [1.29, 1.82) is 0 Å². The number of para-hydroxylation sites is 1. The fourth-order valence-electron chi connectivity index (χ4n) is 5.96. The van der Waals surface area contributed by atoms with Crippen LogP contribution in [0, 0.1) is 0 Å². The molecule has 2 aromatic heterocycles. The van der Waals surface area contributed by atoms with Gasteiger partial charge in [0.2, 0.25) is 5.91 Å². The van der Waals surface area contributed by atoms with Crippen LogP contribution < -0.4 is 10.5 Å². The van der Waals surface area contributed by atoms with Crippen LogP contribution in [0.5, 0.6) is 11.5 Å². The van der Waals surface area contributed by atoms with Crippen molar-refractivity contribution in [2.45, 2.75) is 51.1 Å². The van der Waals surface area contributed by atoms with Crippen molar-refractivity contribution in [3.8, 4) is 22.6 Å². The van der Waals surface area contributed by atoms with Gasteiger partial charge in [-0.25, -0.2) is 9.97 Å². The Morgan fingerprint density at radius 2 is 1.80 bits per heavy atom. The number of carbonyl (C=O) groups is 1. The second kappa shape index (κ2) is 11.4. The van der Waals surface area contributed by atoms with Gasteiger partial charge in [-0.15, -0.1) is 0 Å². The normalized spacial score (nSPS) is 17.4. The standard InChI is InChI=1S/C33H38N6O2/c1-22(2)31-29(23-11-15-27(16-12-23)41-26-8-5-4-6-9-26)30-32(34)35-21-36-33(30)39(31)25-17-19-38(20-25)28(40)10-7-18-37(3)24-13-14-24/h4-12,15-16,21-22,24-25H,13-14,17-20H2,1-3H3,(H2,34,35,36)/b10-7+/t25-/m1/s1. The number of carbonyl (C=O) groups excluding carboxylic acids is 1. The SMILES string of the molecule is CC(C)c1c(-c2ccc(Oc3ccccc3)cc2)c2c(N)ncnc2n1[C@@H]1CCN(C(=O)/C=C/CN(C)C2CC2)C1. The molecule has 4 aromatic rings. The summed E-state index contributed by atoms with van der Waals surface area (Å²) >= 11 is 0. The number of nitrogens with zero attached hydrogens (tertiary/aromatic N) is 5. The van der Waals surface area contributed by atoms with Crippen molar-refractivity contribution >= 4 is 22.8 Å². The molecule has 0 spiro atoms. The summed E-state index contributed by atoms with van der Waals surface area (Å²) in [6.45, 7) is 6.55. The number of anilines is 1. The molecule has 212 valence electrons. The van der Waals surface area contributed by atoms with E-state index in [9.17, 15) is 4.79 Å². The van der Waals surface area contributed by atoms with Crippen LogP contribution in [0.25, 0.3) is 22.2 Å². The third kappa shape index (κ3) is 5.57. The smallest absolute Gasteiger partial charge is 0.246 e. The molecule has 1 aliphatic heterocycles. The number of hydrogen-bond acceptors (Lipinski definition) is 6. The van der Waals surface area contributed by atoms with E-state index < -0.39 is 0 Å². The maximum Gasteiger partial charge on any atom is 0.246 e. The van der Waals surface area contributed by atoms with Gasteiger partial charge in [-0.3, -0.25) is 9.69 Å². The van der Waals surface area contributed by atoms with Crippen molar-refractivity contribution in [3.63, 3.8) is 0 Å². The first kappa shape index (κ1) is 27.0. The molecule has 6 rings (SSSR count). The molecule has 1 amide bonds. The first-order chi connectivity index (χ1) is 19.9. The lowest BCUT2D eigenvalue weighted by molar-refractivity contribution is -0.125. The van der Waals surface area contributed by atoms with Gasteiger partial charge in [-0.2, -0.15) is 0 Å². The van der Waals surface area contributed by atoms with Crippen LogP contribution in [0.15, 0.2) is 73.1 Å². The molecule has 8 heteroatoms. The van der Waals surface area contributed by atoms with Gasteiger partial charge < -0.3 is 19.9 Å². The topological polar surface area (TPSA) is 89.5 Å². The number of nitrogens with two attached hydrogens (primary N) is 1. The number of amides is 1. The minimum absolute atomic E-state index is 0.0719. The Morgan fingerprint density at radius 1 is 1.07 bits per heavy atom. The number of nitrogen functional groups attached to an aromatic ring is 1. The van der Waals surface area contributed by atoms with Gasteiger partial charge in [0.25, 0.3) is 0 Å². The largest absolute Gasteiger partial charge is 0.457 e. The highest BCUT2D eigenvalue weighted by atomic mass is 16.5. The quantitative estimate of drug-likeness (QED) is 0.256. The Bertz CT molecular complexity index is 1560. The van der Waals surface area contributed by atoms with Crippen molar-refractivity contribution < 1.29 is 9.53 Å². The summed E-state index contributed by atoms with van der Waals surface area (Å²) in [5.41, 5.74) is 10.6. The Kier molecular flexibility index (Phi) is 7.49. The molecular formula is C33H38N6O2. The van der Waals surface area contributed by atoms with E-state index in [0.29, 0.717) is 24.9 Å². The summed E-state index contributed by atoms with van der Waals surface area (Å²) < 4.78 is 8.35. The van der Waals surface area contributed by atoms with Crippen molar-refractivity contribution in [3.05, 3.63) is 78.8 Å². The fourth-order valence-corrected chi connectivity index (χ4v) is 5.96. The zero-order valence-corrected chi connectivity index (χ0v) is 24.0. The van der Waals surface area contributed by atoms with Crippen molar-refractivity contribution in [2.24, 2.45) is 0 Å². The van der Waals surface area contributed by atoms with E-state index in [1.807, 2.05) is 53.4 Å². The lowest BCUT2D eigenvalue weighted by Crippen LogP contribution is -2.28. The summed E-state index contributed by atoms with van der Waals surface area (Å²) in [4.78, 5) is 26.4. The number of likely N-dealkylation sites (N-methyl/N-ethyl adjacent to an activating group) is 1. The molecule has 41 heavy (non-hydrogen) atoms. The number of likely N-dealkylation sites (tertiary alicyclic amines) is 1. The molecule has 2 aromatic carbocycles. The van der Waals surface area contributed by atoms with Crippen LogP contribution in [0.4, 0.5) is 5.82 Å². The Morgan fingerprint density at radius 3 is 2.51 bits per heavy atom.